The Kier molecular flexibility index (Phi) is 2.42. The van der Waals surface area contributed by atoms with Crippen molar-refractivity contribution in [3.8, 4) is 0 Å². The summed E-state index contributed by atoms with van der Waals surface area (Å²) in [4.78, 5) is 11.6. The second kappa shape index (κ2) is 3.13. The van der Waals surface area contributed by atoms with Crippen LogP contribution < -0.4 is 5.73 Å². The average molecular weight is 259 g/mol. The molecule has 2 fully saturated rings. The number of hydrogen-bond donors (Lipinski definition) is 5. The molecule has 0 radical (unpaired) electrons. The largest absolute Gasteiger partial charge is 0.389 e. The van der Waals surface area contributed by atoms with Crippen molar-refractivity contribution >= 4 is 5.78 Å². The number of hydrogen-bond acceptors (Lipinski definition) is 6. The maximum absolute atomic E-state index is 11.6. The highest BCUT2D eigenvalue weighted by Crippen LogP contribution is 2.61. The molecule has 5 atom stereocenters. The Bertz CT molecular complexity index is 421. The Morgan fingerprint density at radius 3 is 1.78 bits per heavy atom. The van der Waals surface area contributed by atoms with Gasteiger partial charge in [0.15, 0.2) is 11.4 Å². The predicted molar refractivity (Wildman–Crippen MR) is 62.5 cm³/mol. The minimum atomic E-state index is -1.85. The van der Waals surface area contributed by atoms with Crippen LogP contribution in [0.3, 0.4) is 0 Å². The monoisotopic (exact) mass is 259 g/mol. The Morgan fingerprint density at radius 2 is 1.56 bits per heavy atom. The van der Waals surface area contributed by atoms with Gasteiger partial charge in [-0.05, 0) is 13.8 Å². The number of aliphatic hydroxyl groups is 4. The molecule has 0 aromatic carbocycles. The topological polar surface area (TPSA) is 124 Å². The van der Waals surface area contributed by atoms with E-state index in [0.29, 0.717) is 0 Å². The first kappa shape index (κ1) is 13.9. The number of carbonyl (C=O) groups is 1. The van der Waals surface area contributed by atoms with Crippen LogP contribution in [0.15, 0.2) is 0 Å². The van der Waals surface area contributed by atoms with E-state index in [1.807, 2.05) is 0 Å². The molecule has 18 heavy (non-hydrogen) atoms. The van der Waals surface area contributed by atoms with Crippen LogP contribution in [0.2, 0.25) is 0 Å². The highest BCUT2D eigenvalue weighted by molar-refractivity contribution is 6.11. The molecule has 0 bridgehead atoms. The van der Waals surface area contributed by atoms with Crippen LogP contribution in [-0.2, 0) is 4.79 Å². The number of rotatable bonds is 3. The number of carbonyl (C=O) groups excluding carboxylic acids is 1. The Hall–Kier alpha value is -0.530. The average Bonchev–Trinajstić information content (AvgIpc) is 2.88. The van der Waals surface area contributed by atoms with E-state index >= 15 is 0 Å². The first-order chi connectivity index (χ1) is 7.87. The van der Waals surface area contributed by atoms with Gasteiger partial charge in [0.2, 0.25) is 0 Å². The van der Waals surface area contributed by atoms with Gasteiger partial charge in [-0.3, -0.25) is 4.79 Å². The fourth-order valence-electron chi connectivity index (χ4n) is 2.98. The predicted octanol–water partition coefficient (Wildman–Crippen LogP) is -1.85. The first-order valence-electron chi connectivity index (χ1n) is 5.99. The molecule has 6 heteroatoms. The van der Waals surface area contributed by atoms with Gasteiger partial charge in [-0.1, -0.05) is 13.8 Å². The standard InChI is InChI=1S/C12H21NO5/c1-9(2)7(15)11(9,17)5(13)6(14)12(18)8(16)10(12,3)4/h5-6,8,14,16-18H,13H2,1-4H3/t5-,6-,8?,11+,12-/m0/s1. The van der Waals surface area contributed by atoms with E-state index in [0.717, 1.165) is 0 Å². The summed E-state index contributed by atoms with van der Waals surface area (Å²) in [5.74, 6) is -0.460. The summed E-state index contributed by atoms with van der Waals surface area (Å²) in [6.45, 7) is 6.22. The first-order valence-corrected chi connectivity index (χ1v) is 5.99. The second-order valence-electron chi connectivity index (χ2n) is 6.64. The zero-order valence-electron chi connectivity index (χ0n) is 11.0. The van der Waals surface area contributed by atoms with Gasteiger partial charge < -0.3 is 26.2 Å². The molecule has 0 spiro atoms. The lowest BCUT2D eigenvalue weighted by Gasteiger charge is -2.30. The molecule has 2 rings (SSSR count). The summed E-state index contributed by atoms with van der Waals surface area (Å²) in [5.41, 5.74) is 0.155. The number of nitrogens with two attached hydrogens (primary N) is 1. The van der Waals surface area contributed by atoms with E-state index in [9.17, 15) is 25.2 Å². The zero-order valence-corrected chi connectivity index (χ0v) is 11.0. The van der Waals surface area contributed by atoms with Gasteiger partial charge in [0, 0.05) is 5.41 Å². The molecule has 0 aliphatic heterocycles. The molecule has 0 saturated heterocycles. The van der Waals surface area contributed by atoms with Crippen molar-refractivity contribution in [2.45, 2.75) is 57.1 Å². The van der Waals surface area contributed by atoms with E-state index in [2.05, 4.69) is 0 Å². The van der Waals surface area contributed by atoms with E-state index in [-0.39, 0.29) is 0 Å². The highest BCUT2D eigenvalue weighted by atomic mass is 16.4. The van der Waals surface area contributed by atoms with E-state index in [4.69, 9.17) is 5.73 Å². The van der Waals surface area contributed by atoms with Gasteiger partial charge in [0.1, 0.15) is 11.7 Å². The fourth-order valence-corrected chi connectivity index (χ4v) is 2.98. The van der Waals surface area contributed by atoms with E-state index in [1.165, 1.54) is 13.8 Å². The minimum absolute atomic E-state index is 0.460. The summed E-state index contributed by atoms with van der Waals surface area (Å²) < 4.78 is 0. The Balaban J connectivity index is 2.23. The number of ketones is 1. The second-order valence-corrected chi connectivity index (χ2v) is 6.64. The summed E-state index contributed by atoms with van der Waals surface area (Å²) >= 11 is 0. The molecule has 2 saturated carbocycles. The molecule has 0 aromatic rings. The van der Waals surface area contributed by atoms with Gasteiger partial charge in [-0.2, -0.15) is 0 Å². The van der Waals surface area contributed by atoms with Crippen molar-refractivity contribution in [1.29, 1.82) is 0 Å². The molecule has 2 aliphatic carbocycles. The van der Waals surface area contributed by atoms with Crippen molar-refractivity contribution in [3.05, 3.63) is 0 Å². The van der Waals surface area contributed by atoms with Gasteiger partial charge >= 0.3 is 0 Å². The van der Waals surface area contributed by atoms with Crippen molar-refractivity contribution in [1.82, 2.24) is 0 Å². The van der Waals surface area contributed by atoms with Gasteiger partial charge in [-0.25, -0.2) is 0 Å². The van der Waals surface area contributed by atoms with Crippen LogP contribution in [0.5, 0.6) is 0 Å². The van der Waals surface area contributed by atoms with E-state index in [1.54, 1.807) is 13.8 Å². The van der Waals surface area contributed by atoms with Crippen LogP contribution in [0.25, 0.3) is 0 Å². The molecule has 1 unspecified atom stereocenters. The van der Waals surface area contributed by atoms with Crippen molar-refractivity contribution < 1.29 is 25.2 Å². The molecule has 0 aromatic heterocycles. The summed E-state index contributed by atoms with van der Waals surface area (Å²) in [6.07, 6.45) is -2.70. The van der Waals surface area contributed by atoms with E-state index < -0.39 is 46.1 Å². The van der Waals surface area contributed by atoms with Gasteiger partial charge in [0.25, 0.3) is 0 Å². The molecule has 6 nitrogen and oxygen atoms in total. The molecule has 0 heterocycles. The quantitative estimate of drug-likeness (QED) is 0.405. The lowest BCUT2D eigenvalue weighted by atomic mass is 9.89. The summed E-state index contributed by atoms with van der Waals surface area (Å²) in [6, 6.07) is -1.33. The van der Waals surface area contributed by atoms with Crippen molar-refractivity contribution in [2.75, 3.05) is 0 Å². The third-order valence-corrected chi connectivity index (χ3v) is 5.13. The molecular weight excluding hydrogens is 238 g/mol. The fraction of sp³-hybridized carbons (Fsp3) is 0.917. The van der Waals surface area contributed by atoms with Crippen LogP contribution in [-0.4, -0.2) is 55.7 Å². The molecular formula is C12H21NO5. The van der Waals surface area contributed by atoms with Gasteiger partial charge in [-0.15, -0.1) is 0 Å². The third kappa shape index (κ3) is 1.13. The lowest BCUT2D eigenvalue weighted by molar-refractivity contribution is -0.121. The van der Waals surface area contributed by atoms with Crippen LogP contribution >= 0.6 is 0 Å². The molecule has 104 valence electrons. The Morgan fingerprint density at radius 1 is 1.22 bits per heavy atom. The normalized spacial score (nSPS) is 47.6. The zero-order chi connectivity index (χ0) is 14.3. The summed E-state index contributed by atoms with van der Waals surface area (Å²) in [7, 11) is 0. The lowest BCUT2D eigenvalue weighted by Crippen LogP contribution is -2.56. The summed E-state index contributed by atoms with van der Waals surface area (Å²) in [5, 5.41) is 40.2. The Labute approximate surface area is 105 Å². The SMILES string of the molecule is CC1(C)C(O)[C@@]1(O)[C@@H](O)[C@H](N)[C@@]1(O)C(=O)C1(C)C. The van der Waals surface area contributed by atoms with Gasteiger partial charge in [0.05, 0.1) is 17.6 Å². The number of Topliss-reactive ketones (excluding diaryl/α,β-unsaturated/α-hetero) is 1. The smallest absolute Gasteiger partial charge is 0.176 e. The minimum Gasteiger partial charge on any atom is -0.389 e. The van der Waals surface area contributed by atoms with Crippen LogP contribution in [0.1, 0.15) is 27.7 Å². The maximum Gasteiger partial charge on any atom is 0.176 e. The van der Waals surface area contributed by atoms with Crippen molar-refractivity contribution in [3.63, 3.8) is 0 Å². The third-order valence-electron chi connectivity index (χ3n) is 5.13. The molecule has 2 aliphatic rings. The maximum atomic E-state index is 11.6. The highest BCUT2D eigenvalue weighted by Gasteiger charge is 2.81. The van der Waals surface area contributed by atoms with Crippen molar-refractivity contribution in [2.24, 2.45) is 16.6 Å². The number of aliphatic hydroxyl groups excluding tert-OH is 2. The van der Waals surface area contributed by atoms with Crippen LogP contribution in [0.4, 0.5) is 0 Å². The molecule has 0 amide bonds. The molecule has 6 N–H and O–H groups in total. The van der Waals surface area contributed by atoms with Crippen LogP contribution in [0, 0.1) is 10.8 Å².